The number of rotatable bonds is 4. The van der Waals surface area contributed by atoms with E-state index in [9.17, 15) is 0 Å². The van der Waals surface area contributed by atoms with Crippen LogP contribution >= 0.6 is 27.5 Å². The van der Waals surface area contributed by atoms with Gasteiger partial charge in [-0.3, -0.25) is 0 Å². The molecule has 1 aromatic rings. The largest absolute Gasteiger partial charge is 0.370 e. The molecule has 0 amide bonds. The molecule has 1 N–H and O–H groups in total. The molecular weight excluding hydrogens is 300 g/mol. The maximum atomic E-state index is 6.06. The van der Waals surface area contributed by atoms with E-state index in [4.69, 9.17) is 11.6 Å². The van der Waals surface area contributed by atoms with Gasteiger partial charge in [-0.25, -0.2) is 0 Å². The van der Waals surface area contributed by atoms with Gasteiger partial charge in [0.2, 0.25) is 0 Å². The summed E-state index contributed by atoms with van der Waals surface area (Å²) in [5, 5.41) is 4.23. The quantitative estimate of drug-likeness (QED) is 0.914. The SMILES string of the molecule is CCNCC1CCN(c2cc(Cl)ccc2Br)C1. The van der Waals surface area contributed by atoms with Crippen LogP contribution in [0.2, 0.25) is 5.02 Å². The summed E-state index contributed by atoms with van der Waals surface area (Å²) in [5.41, 5.74) is 1.22. The van der Waals surface area contributed by atoms with Crippen LogP contribution in [-0.2, 0) is 0 Å². The van der Waals surface area contributed by atoms with Crippen LogP contribution in [0.3, 0.4) is 0 Å². The van der Waals surface area contributed by atoms with Crippen LogP contribution in [0.25, 0.3) is 0 Å². The Morgan fingerprint density at radius 1 is 1.53 bits per heavy atom. The second kappa shape index (κ2) is 6.07. The number of hydrogen-bond acceptors (Lipinski definition) is 2. The molecule has 1 aromatic carbocycles. The summed E-state index contributed by atoms with van der Waals surface area (Å²) in [6.07, 6.45) is 1.26. The lowest BCUT2D eigenvalue weighted by atomic mass is 10.1. The summed E-state index contributed by atoms with van der Waals surface area (Å²) in [5.74, 6) is 0.751. The van der Waals surface area contributed by atoms with E-state index >= 15 is 0 Å². The van der Waals surface area contributed by atoms with Gasteiger partial charge in [-0.15, -0.1) is 0 Å². The van der Waals surface area contributed by atoms with E-state index in [1.807, 2.05) is 18.2 Å². The lowest BCUT2D eigenvalue weighted by molar-refractivity contribution is 0.528. The monoisotopic (exact) mass is 316 g/mol. The summed E-state index contributed by atoms with van der Waals surface area (Å²) in [6, 6.07) is 5.98. The van der Waals surface area contributed by atoms with Gasteiger partial charge < -0.3 is 10.2 Å². The zero-order chi connectivity index (χ0) is 12.3. The van der Waals surface area contributed by atoms with Crippen LogP contribution in [0.15, 0.2) is 22.7 Å². The van der Waals surface area contributed by atoms with Crippen molar-refractivity contribution < 1.29 is 0 Å². The Labute approximate surface area is 116 Å². The summed E-state index contributed by atoms with van der Waals surface area (Å²) in [6.45, 7) is 6.56. The molecule has 0 radical (unpaired) electrons. The first-order chi connectivity index (χ1) is 8.20. The number of benzene rings is 1. The lowest BCUT2D eigenvalue weighted by Crippen LogP contribution is -2.26. The van der Waals surface area contributed by atoms with Crippen molar-refractivity contribution in [1.29, 1.82) is 0 Å². The first kappa shape index (κ1) is 13.2. The Balaban J connectivity index is 2.02. The highest BCUT2D eigenvalue weighted by Crippen LogP contribution is 2.32. The van der Waals surface area contributed by atoms with Gasteiger partial charge in [0.05, 0.1) is 5.69 Å². The second-order valence-electron chi connectivity index (χ2n) is 4.50. The van der Waals surface area contributed by atoms with Gasteiger partial charge in [0.15, 0.2) is 0 Å². The fourth-order valence-electron chi connectivity index (χ4n) is 2.29. The Morgan fingerprint density at radius 2 is 2.35 bits per heavy atom. The Hall–Kier alpha value is -0.250. The molecule has 2 rings (SSSR count). The fraction of sp³-hybridized carbons (Fsp3) is 0.538. The molecular formula is C13H18BrClN2. The standard InChI is InChI=1S/C13H18BrClN2/c1-2-16-8-10-5-6-17(9-10)13-7-11(15)3-4-12(13)14/h3-4,7,10,16H,2,5-6,8-9H2,1H3. The predicted octanol–water partition coefficient (Wildman–Crippen LogP) is 3.54. The molecule has 1 heterocycles. The van der Waals surface area contributed by atoms with Gasteiger partial charge in [0.1, 0.15) is 0 Å². The predicted molar refractivity (Wildman–Crippen MR) is 78.0 cm³/mol. The van der Waals surface area contributed by atoms with Gasteiger partial charge in [0.25, 0.3) is 0 Å². The van der Waals surface area contributed by atoms with Crippen molar-refractivity contribution in [2.24, 2.45) is 5.92 Å². The topological polar surface area (TPSA) is 15.3 Å². The molecule has 0 bridgehead atoms. The van der Waals surface area contributed by atoms with Gasteiger partial charge in [0, 0.05) is 22.6 Å². The number of nitrogens with zero attached hydrogens (tertiary/aromatic N) is 1. The number of halogens is 2. The maximum absolute atomic E-state index is 6.06. The van der Waals surface area contributed by atoms with E-state index < -0.39 is 0 Å². The first-order valence-corrected chi connectivity index (χ1v) is 7.28. The molecule has 0 spiro atoms. The van der Waals surface area contributed by atoms with Gasteiger partial charge in [-0.1, -0.05) is 18.5 Å². The van der Waals surface area contributed by atoms with Crippen LogP contribution in [-0.4, -0.2) is 26.2 Å². The van der Waals surface area contributed by atoms with Gasteiger partial charge in [-0.05, 0) is 59.6 Å². The van der Waals surface area contributed by atoms with E-state index in [1.54, 1.807) is 0 Å². The number of hydrogen-bond donors (Lipinski definition) is 1. The zero-order valence-corrected chi connectivity index (χ0v) is 12.4. The molecule has 1 unspecified atom stereocenters. The maximum Gasteiger partial charge on any atom is 0.0525 e. The Kier molecular flexibility index (Phi) is 4.71. The molecule has 1 aliphatic rings. The highest BCUT2D eigenvalue weighted by molar-refractivity contribution is 9.10. The molecule has 0 saturated carbocycles. The van der Waals surface area contributed by atoms with Crippen molar-refractivity contribution >= 4 is 33.2 Å². The third-order valence-electron chi connectivity index (χ3n) is 3.22. The molecule has 0 aliphatic carbocycles. The van der Waals surface area contributed by atoms with Crippen LogP contribution in [0.5, 0.6) is 0 Å². The zero-order valence-electron chi connectivity index (χ0n) is 10.0. The second-order valence-corrected chi connectivity index (χ2v) is 5.79. The van der Waals surface area contributed by atoms with E-state index in [-0.39, 0.29) is 0 Å². The molecule has 1 saturated heterocycles. The summed E-state index contributed by atoms with van der Waals surface area (Å²) < 4.78 is 1.13. The highest BCUT2D eigenvalue weighted by atomic mass is 79.9. The van der Waals surface area contributed by atoms with Crippen molar-refractivity contribution in [3.8, 4) is 0 Å². The highest BCUT2D eigenvalue weighted by Gasteiger charge is 2.23. The van der Waals surface area contributed by atoms with Gasteiger partial charge in [-0.2, -0.15) is 0 Å². The van der Waals surface area contributed by atoms with E-state index in [1.165, 1.54) is 12.1 Å². The lowest BCUT2D eigenvalue weighted by Gasteiger charge is -2.20. The smallest absolute Gasteiger partial charge is 0.0525 e. The van der Waals surface area contributed by atoms with Crippen LogP contribution < -0.4 is 10.2 Å². The van der Waals surface area contributed by atoms with Gasteiger partial charge >= 0.3 is 0 Å². The van der Waals surface area contributed by atoms with E-state index in [0.29, 0.717) is 0 Å². The van der Waals surface area contributed by atoms with Crippen molar-refractivity contribution in [2.75, 3.05) is 31.1 Å². The molecule has 1 aliphatic heterocycles. The van der Waals surface area contributed by atoms with Crippen molar-refractivity contribution in [2.45, 2.75) is 13.3 Å². The molecule has 1 atom stereocenters. The fourth-order valence-corrected chi connectivity index (χ4v) is 2.96. The minimum absolute atomic E-state index is 0.751. The van der Waals surface area contributed by atoms with Crippen molar-refractivity contribution in [3.05, 3.63) is 27.7 Å². The Bertz CT molecular complexity index is 384. The average Bonchev–Trinajstić information content (AvgIpc) is 2.78. The van der Waals surface area contributed by atoms with Crippen molar-refractivity contribution in [3.63, 3.8) is 0 Å². The Morgan fingerprint density at radius 3 is 3.12 bits per heavy atom. The average molecular weight is 318 g/mol. The molecule has 94 valence electrons. The third-order valence-corrected chi connectivity index (χ3v) is 4.12. The first-order valence-electron chi connectivity index (χ1n) is 6.11. The van der Waals surface area contributed by atoms with Crippen LogP contribution in [0.4, 0.5) is 5.69 Å². The molecule has 1 fully saturated rings. The minimum atomic E-state index is 0.751. The van der Waals surface area contributed by atoms with E-state index in [0.717, 1.165) is 41.6 Å². The molecule has 0 aromatic heterocycles. The summed E-state index contributed by atoms with van der Waals surface area (Å²) >= 11 is 9.65. The molecule has 17 heavy (non-hydrogen) atoms. The number of anilines is 1. The minimum Gasteiger partial charge on any atom is -0.370 e. The summed E-state index contributed by atoms with van der Waals surface area (Å²) in [4.78, 5) is 2.41. The van der Waals surface area contributed by atoms with Crippen LogP contribution in [0, 0.1) is 5.92 Å². The third kappa shape index (κ3) is 3.36. The number of nitrogens with one attached hydrogen (secondary N) is 1. The van der Waals surface area contributed by atoms with E-state index in [2.05, 4.69) is 33.1 Å². The molecule has 2 nitrogen and oxygen atoms in total. The summed E-state index contributed by atoms with van der Waals surface area (Å²) in [7, 11) is 0. The normalized spacial score (nSPS) is 19.9. The van der Waals surface area contributed by atoms with Crippen LogP contribution in [0.1, 0.15) is 13.3 Å². The van der Waals surface area contributed by atoms with Crippen molar-refractivity contribution in [1.82, 2.24) is 5.32 Å². The molecule has 4 heteroatoms.